The van der Waals surface area contributed by atoms with E-state index in [1.807, 2.05) is 0 Å². The van der Waals surface area contributed by atoms with Crippen molar-refractivity contribution < 1.29 is 19.4 Å². The average Bonchev–Trinajstić information content (AvgIpc) is 2.80. The van der Waals surface area contributed by atoms with Crippen LogP contribution in [0.25, 0.3) is 10.8 Å². The van der Waals surface area contributed by atoms with Gasteiger partial charge >= 0.3 is 5.97 Å². The molecule has 1 heterocycles. The van der Waals surface area contributed by atoms with Crippen LogP contribution in [0, 0.1) is 11.3 Å². The molecule has 9 nitrogen and oxygen atoms in total. The second-order valence-electron chi connectivity index (χ2n) is 7.74. The summed E-state index contributed by atoms with van der Waals surface area (Å²) in [6.45, 7) is -0.727. The molecule has 0 atom stereocenters. The van der Waals surface area contributed by atoms with Gasteiger partial charge < -0.3 is 14.7 Å². The highest BCUT2D eigenvalue weighted by molar-refractivity contribution is 5.87. The van der Waals surface area contributed by atoms with E-state index in [1.165, 1.54) is 4.90 Å². The summed E-state index contributed by atoms with van der Waals surface area (Å²) >= 11 is 0. The normalized spacial score (nSPS) is 15.3. The summed E-state index contributed by atoms with van der Waals surface area (Å²) < 4.78 is 6.29. The Labute approximate surface area is 179 Å². The van der Waals surface area contributed by atoms with Crippen molar-refractivity contribution in [2.75, 3.05) is 20.3 Å². The molecule has 1 N–H and O–H groups in total. The van der Waals surface area contributed by atoms with Gasteiger partial charge in [-0.2, -0.15) is 10.4 Å². The number of likely N-dealkylation sites (N-methyl/N-ethyl adjacent to an activating group) is 1. The van der Waals surface area contributed by atoms with Gasteiger partial charge in [-0.3, -0.25) is 14.4 Å². The van der Waals surface area contributed by atoms with Gasteiger partial charge in [-0.25, -0.2) is 4.68 Å². The molecule has 1 aromatic heterocycles. The fourth-order valence-corrected chi connectivity index (χ4v) is 4.01. The molecule has 1 fully saturated rings. The Hall–Kier alpha value is -3.25. The van der Waals surface area contributed by atoms with Gasteiger partial charge in [0.15, 0.2) is 6.61 Å². The molecule has 1 aliphatic carbocycles. The molecule has 1 aliphatic rings. The summed E-state index contributed by atoms with van der Waals surface area (Å²) in [7, 11) is 1.57. The topological polar surface area (TPSA) is 126 Å². The smallest absolute Gasteiger partial charge is 0.312 e. The molecule has 9 heteroatoms. The minimum atomic E-state index is -0.848. The predicted octanol–water partition coefficient (Wildman–Crippen LogP) is 1.16. The Morgan fingerprint density at radius 1 is 1.26 bits per heavy atom. The van der Waals surface area contributed by atoms with Gasteiger partial charge in [0.1, 0.15) is 5.54 Å². The van der Waals surface area contributed by atoms with E-state index in [9.17, 15) is 24.8 Å². The van der Waals surface area contributed by atoms with E-state index in [2.05, 4.69) is 11.2 Å². The van der Waals surface area contributed by atoms with Crippen molar-refractivity contribution in [1.29, 1.82) is 5.26 Å². The molecule has 0 saturated heterocycles. The molecular formula is C22H26N4O5. The number of rotatable bonds is 7. The molecule has 0 unspecified atom stereocenters. The minimum Gasteiger partial charge on any atom is -0.455 e. The number of ether oxygens (including phenoxy) is 1. The van der Waals surface area contributed by atoms with Crippen LogP contribution < -0.4 is 5.56 Å². The van der Waals surface area contributed by atoms with Crippen LogP contribution in [-0.4, -0.2) is 57.5 Å². The summed E-state index contributed by atoms with van der Waals surface area (Å²) in [4.78, 5) is 38.8. The number of carbonyl (C=O) groups excluding carboxylic acids is 2. The summed E-state index contributed by atoms with van der Waals surface area (Å²) in [6.07, 6.45) is 3.80. The molecule has 0 spiro atoms. The van der Waals surface area contributed by atoms with Crippen molar-refractivity contribution in [2.24, 2.45) is 0 Å². The van der Waals surface area contributed by atoms with Crippen molar-refractivity contribution in [3.8, 4) is 6.07 Å². The zero-order valence-electron chi connectivity index (χ0n) is 17.5. The van der Waals surface area contributed by atoms with E-state index in [1.54, 1.807) is 31.3 Å². The lowest BCUT2D eigenvalue weighted by Gasteiger charge is -2.38. The first-order valence-corrected chi connectivity index (χ1v) is 10.3. The molecule has 0 aliphatic heterocycles. The van der Waals surface area contributed by atoms with E-state index in [0.29, 0.717) is 29.3 Å². The van der Waals surface area contributed by atoms with E-state index in [4.69, 9.17) is 4.74 Å². The molecular weight excluding hydrogens is 400 g/mol. The lowest BCUT2D eigenvalue weighted by molar-refractivity contribution is -0.153. The van der Waals surface area contributed by atoms with Crippen LogP contribution in [0.3, 0.4) is 0 Å². The second-order valence-corrected chi connectivity index (χ2v) is 7.74. The molecule has 2 aromatic rings. The number of nitriles is 1. The highest BCUT2D eigenvalue weighted by Crippen LogP contribution is 2.32. The number of carbonyl (C=O) groups is 2. The van der Waals surface area contributed by atoms with Gasteiger partial charge in [0, 0.05) is 12.4 Å². The highest BCUT2D eigenvalue weighted by atomic mass is 16.5. The predicted molar refractivity (Wildman–Crippen MR) is 112 cm³/mol. The standard InChI is InChI=1S/C22H26N4O5/c1-25(22(15-23)9-5-2-6-10-22)19(28)14-31-20(29)13-18-16-7-3-4-8-17(16)21(30)26(24-18)11-12-27/h3-4,7-8,27H,2,5-6,9-14H2,1H3. The molecule has 1 saturated carbocycles. The van der Waals surface area contributed by atoms with Crippen LogP contribution in [-0.2, 0) is 27.3 Å². The Morgan fingerprint density at radius 2 is 1.94 bits per heavy atom. The van der Waals surface area contributed by atoms with E-state index < -0.39 is 24.0 Å². The molecule has 164 valence electrons. The number of aromatic nitrogens is 2. The maximum atomic E-state index is 12.6. The molecule has 0 radical (unpaired) electrons. The van der Waals surface area contributed by atoms with Crippen LogP contribution in [0.5, 0.6) is 0 Å². The first-order valence-electron chi connectivity index (χ1n) is 10.3. The second kappa shape index (κ2) is 9.71. The average molecular weight is 426 g/mol. The quantitative estimate of drug-likeness (QED) is 0.659. The Balaban J connectivity index is 1.70. The van der Waals surface area contributed by atoms with Crippen LogP contribution in [0.2, 0.25) is 0 Å². The lowest BCUT2D eigenvalue weighted by Crippen LogP contribution is -2.51. The zero-order chi connectivity index (χ0) is 22.4. The maximum absolute atomic E-state index is 12.6. The van der Waals surface area contributed by atoms with Crippen molar-refractivity contribution >= 4 is 22.6 Å². The number of hydrogen-bond acceptors (Lipinski definition) is 7. The number of esters is 1. The van der Waals surface area contributed by atoms with Crippen LogP contribution >= 0.6 is 0 Å². The number of amides is 1. The fraction of sp³-hybridized carbons (Fsp3) is 0.500. The van der Waals surface area contributed by atoms with Crippen LogP contribution in [0.4, 0.5) is 0 Å². The Kier molecular flexibility index (Phi) is 7.02. The van der Waals surface area contributed by atoms with Crippen molar-refractivity contribution in [3.05, 3.63) is 40.3 Å². The van der Waals surface area contributed by atoms with Gasteiger partial charge in [0.25, 0.3) is 11.5 Å². The van der Waals surface area contributed by atoms with Gasteiger partial charge in [0.05, 0.1) is 36.7 Å². The molecule has 1 aromatic carbocycles. The number of aliphatic hydroxyl groups is 1. The van der Waals surface area contributed by atoms with E-state index >= 15 is 0 Å². The number of fused-ring (bicyclic) bond motifs is 1. The van der Waals surface area contributed by atoms with Crippen molar-refractivity contribution in [1.82, 2.24) is 14.7 Å². The Bertz CT molecular complexity index is 1070. The minimum absolute atomic E-state index is 0.00520. The Morgan fingerprint density at radius 3 is 2.58 bits per heavy atom. The molecule has 0 bridgehead atoms. The van der Waals surface area contributed by atoms with Gasteiger partial charge in [0.2, 0.25) is 0 Å². The van der Waals surface area contributed by atoms with E-state index in [-0.39, 0.29) is 25.1 Å². The molecule has 1 amide bonds. The SMILES string of the molecule is CN(C(=O)COC(=O)Cc1nn(CCO)c(=O)c2ccccc12)C1(C#N)CCCCC1. The first-order chi connectivity index (χ1) is 14.9. The van der Waals surface area contributed by atoms with Crippen LogP contribution in [0.1, 0.15) is 37.8 Å². The van der Waals surface area contributed by atoms with Gasteiger partial charge in [-0.05, 0) is 18.9 Å². The number of aliphatic hydroxyl groups excluding tert-OH is 1. The number of hydrogen-bond donors (Lipinski definition) is 1. The monoisotopic (exact) mass is 426 g/mol. The number of nitrogens with zero attached hydrogens (tertiary/aromatic N) is 4. The van der Waals surface area contributed by atoms with Gasteiger partial charge in [-0.1, -0.05) is 37.5 Å². The maximum Gasteiger partial charge on any atom is 0.312 e. The third-order valence-corrected chi connectivity index (χ3v) is 5.83. The summed E-state index contributed by atoms with van der Waals surface area (Å²) in [5, 5.41) is 23.9. The molecule has 3 rings (SSSR count). The third-order valence-electron chi connectivity index (χ3n) is 5.83. The third kappa shape index (κ3) is 4.75. The lowest BCUT2D eigenvalue weighted by atomic mass is 9.81. The largest absolute Gasteiger partial charge is 0.455 e. The van der Waals surface area contributed by atoms with Crippen LogP contribution in [0.15, 0.2) is 29.1 Å². The highest BCUT2D eigenvalue weighted by Gasteiger charge is 2.39. The summed E-state index contributed by atoms with van der Waals surface area (Å²) in [6, 6.07) is 9.03. The van der Waals surface area contributed by atoms with Gasteiger partial charge in [-0.15, -0.1) is 0 Å². The first kappa shape index (κ1) is 22.4. The summed E-state index contributed by atoms with van der Waals surface area (Å²) in [5.41, 5.74) is -0.873. The van der Waals surface area contributed by atoms with E-state index in [0.717, 1.165) is 23.9 Å². The number of benzene rings is 1. The molecule has 31 heavy (non-hydrogen) atoms. The zero-order valence-corrected chi connectivity index (χ0v) is 17.5. The van der Waals surface area contributed by atoms with Crippen molar-refractivity contribution in [3.63, 3.8) is 0 Å². The fourth-order valence-electron chi connectivity index (χ4n) is 4.01. The van der Waals surface area contributed by atoms with Crippen molar-refractivity contribution in [2.45, 2.75) is 50.6 Å². The summed E-state index contributed by atoms with van der Waals surface area (Å²) in [5.74, 6) is -1.09.